The molecule has 0 saturated carbocycles. The van der Waals surface area contributed by atoms with Gasteiger partial charge < -0.3 is 24.4 Å². The van der Waals surface area contributed by atoms with E-state index in [1.807, 2.05) is 30.3 Å². The maximum Gasteiger partial charge on any atom is 0.265 e. The molecule has 10 nitrogen and oxygen atoms in total. The van der Waals surface area contributed by atoms with Gasteiger partial charge in [-0.2, -0.15) is 0 Å². The molecule has 2 amide bonds. The molecule has 4 aromatic rings. The molecule has 1 N–H and O–H groups in total. The molecule has 0 aromatic heterocycles. The SMILES string of the molecule is CCNC(=O)[C@@H](Cc1ccccc1)N(Cc1ccc(Cl)c(Cl)c1)C(=O)CN(c1cc(Cl)ccc1OC)S(=O)(=O)c1ccc(OC)c(OC)c1. The predicted octanol–water partition coefficient (Wildman–Crippen LogP) is 6.64. The van der Waals surface area contributed by atoms with Gasteiger partial charge in [0.2, 0.25) is 11.8 Å². The molecule has 0 aliphatic heterocycles. The largest absolute Gasteiger partial charge is 0.495 e. The number of ether oxygens (including phenoxy) is 3. The first-order valence-electron chi connectivity index (χ1n) is 15.1. The first kappa shape index (κ1) is 37.7. The minimum atomic E-state index is -4.52. The monoisotopic (exact) mass is 747 g/mol. The van der Waals surface area contributed by atoms with Crippen LogP contribution in [0, 0.1) is 0 Å². The number of carbonyl (C=O) groups excluding carboxylic acids is 2. The normalized spacial score (nSPS) is 11.7. The van der Waals surface area contributed by atoms with Crippen LogP contribution in [0.5, 0.6) is 17.2 Å². The van der Waals surface area contributed by atoms with Gasteiger partial charge in [-0.1, -0.05) is 71.2 Å². The van der Waals surface area contributed by atoms with Crippen molar-refractivity contribution in [1.82, 2.24) is 10.2 Å². The Hall–Kier alpha value is -4.16. The third kappa shape index (κ3) is 9.10. The van der Waals surface area contributed by atoms with Gasteiger partial charge in [-0.3, -0.25) is 13.9 Å². The fourth-order valence-electron chi connectivity index (χ4n) is 5.16. The van der Waals surface area contributed by atoms with Crippen molar-refractivity contribution >= 4 is 62.3 Å². The van der Waals surface area contributed by atoms with Crippen LogP contribution in [0.2, 0.25) is 15.1 Å². The summed E-state index contributed by atoms with van der Waals surface area (Å²) in [5.74, 6) is -0.503. The van der Waals surface area contributed by atoms with Crippen molar-refractivity contribution in [3.63, 3.8) is 0 Å². The Morgan fingerprint density at radius 1 is 0.776 bits per heavy atom. The Bertz CT molecular complexity index is 1900. The van der Waals surface area contributed by atoms with Gasteiger partial charge in [0.15, 0.2) is 11.5 Å². The van der Waals surface area contributed by atoms with Gasteiger partial charge in [-0.15, -0.1) is 0 Å². The molecule has 0 bridgehead atoms. The number of hydrogen-bond acceptors (Lipinski definition) is 7. The van der Waals surface area contributed by atoms with Gasteiger partial charge >= 0.3 is 0 Å². The highest BCUT2D eigenvalue weighted by Crippen LogP contribution is 2.37. The van der Waals surface area contributed by atoms with Crippen LogP contribution in [0.15, 0.2) is 89.8 Å². The van der Waals surface area contributed by atoms with Gasteiger partial charge in [0.25, 0.3) is 10.0 Å². The van der Waals surface area contributed by atoms with Crippen LogP contribution in [0.3, 0.4) is 0 Å². The summed E-state index contributed by atoms with van der Waals surface area (Å²) in [5.41, 5.74) is 1.36. The number of likely N-dealkylation sites (N-methyl/N-ethyl adjacent to an activating group) is 1. The van der Waals surface area contributed by atoms with E-state index < -0.39 is 34.4 Å². The third-order valence-electron chi connectivity index (χ3n) is 7.59. The van der Waals surface area contributed by atoms with Gasteiger partial charge in [-0.25, -0.2) is 8.42 Å². The van der Waals surface area contributed by atoms with Gasteiger partial charge in [0, 0.05) is 30.6 Å². The van der Waals surface area contributed by atoms with Gasteiger partial charge in [0.05, 0.1) is 42.0 Å². The Morgan fingerprint density at radius 2 is 1.45 bits per heavy atom. The Kier molecular flexibility index (Phi) is 13.0. The summed E-state index contributed by atoms with van der Waals surface area (Å²) in [6.45, 7) is 1.24. The van der Waals surface area contributed by atoms with Crippen LogP contribution in [0.25, 0.3) is 0 Å². The molecule has 0 aliphatic rings. The first-order valence-corrected chi connectivity index (χ1v) is 17.6. The van der Waals surface area contributed by atoms with Crippen molar-refractivity contribution in [3.05, 3.63) is 111 Å². The predicted molar refractivity (Wildman–Crippen MR) is 192 cm³/mol. The van der Waals surface area contributed by atoms with E-state index in [-0.39, 0.29) is 45.1 Å². The number of nitrogens with one attached hydrogen (secondary N) is 1. The van der Waals surface area contributed by atoms with E-state index in [2.05, 4.69) is 5.32 Å². The third-order valence-corrected chi connectivity index (χ3v) is 10.3. The highest BCUT2D eigenvalue weighted by atomic mass is 35.5. The lowest BCUT2D eigenvalue weighted by atomic mass is 10.0. The molecule has 0 aliphatic carbocycles. The Balaban J connectivity index is 1.89. The lowest BCUT2D eigenvalue weighted by Gasteiger charge is -2.34. The summed E-state index contributed by atoms with van der Waals surface area (Å²) in [6.07, 6.45) is 0.142. The van der Waals surface area contributed by atoms with Crippen LogP contribution in [0.1, 0.15) is 18.1 Å². The minimum Gasteiger partial charge on any atom is -0.495 e. The fourth-order valence-corrected chi connectivity index (χ4v) is 7.08. The van der Waals surface area contributed by atoms with Crippen LogP contribution in [0.4, 0.5) is 5.69 Å². The van der Waals surface area contributed by atoms with E-state index >= 15 is 0 Å². The van der Waals surface area contributed by atoms with E-state index in [9.17, 15) is 18.0 Å². The van der Waals surface area contributed by atoms with Crippen LogP contribution < -0.4 is 23.8 Å². The maximum absolute atomic E-state index is 14.7. The molecule has 0 unspecified atom stereocenters. The van der Waals surface area contributed by atoms with Crippen molar-refractivity contribution < 1.29 is 32.2 Å². The first-order chi connectivity index (χ1) is 23.4. The van der Waals surface area contributed by atoms with Crippen LogP contribution in [-0.2, 0) is 32.6 Å². The van der Waals surface area contributed by atoms with Gasteiger partial charge in [0.1, 0.15) is 18.3 Å². The standard InChI is InChI=1S/C35H36Cl3N3O7S/c1-5-39-35(43)30(18-23-9-7-6-8-10-23)40(21-24-11-14-27(37)28(38)17-24)34(42)22-41(29-19-25(36)12-15-31(29)46-2)49(44,45)26-13-16-32(47-3)33(20-26)48-4/h6-17,19-20,30H,5,18,21-22H2,1-4H3,(H,39,43)/t30-/m1/s1. The number of hydrogen-bond donors (Lipinski definition) is 1. The summed E-state index contributed by atoms with van der Waals surface area (Å²) in [4.78, 5) is 29.5. The maximum atomic E-state index is 14.7. The molecule has 0 heterocycles. The van der Waals surface area contributed by atoms with E-state index in [1.54, 1.807) is 25.1 Å². The number of halogens is 3. The summed E-state index contributed by atoms with van der Waals surface area (Å²) in [5, 5.41) is 3.59. The molecule has 0 spiro atoms. The summed E-state index contributed by atoms with van der Waals surface area (Å²) in [7, 11) is -0.338. The number of carbonyl (C=O) groups is 2. The average molecular weight is 749 g/mol. The second kappa shape index (κ2) is 17.0. The number of rotatable bonds is 15. The van der Waals surface area contributed by atoms with Crippen molar-refractivity contribution in [2.24, 2.45) is 0 Å². The van der Waals surface area contributed by atoms with Gasteiger partial charge in [-0.05, 0) is 60.5 Å². The van der Waals surface area contributed by atoms with Crippen molar-refractivity contribution in [1.29, 1.82) is 0 Å². The fraction of sp³-hybridized carbons (Fsp3) is 0.257. The zero-order chi connectivity index (χ0) is 35.7. The smallest absolute Gasteiger partial charge is 0.265 e. The highest BCUT2D eigenvalue weighted by Gasteiger charge is 2.36. The molecule has 1 atom stereocenters. The van der Waals surface area contributed by atoms with Crippen molar-refractivity contribution in [3.8, 4) is 17.2 Å². The molecule has 0 radical (unpaired) electrons. The lowest BCUT2D eigenvalue weighted by molar-refractivity contribution is -0.140. The topological polar surface area (TPSA) is 114 Å². The number of anilines is 1. The van der Waals surface area contributed by atoms with Crippen LogP contribution >= 0.6 is 34.8 Å². The number of methoxy groups -OCH3 is 3. The molecule has 0 fully saturated rings. The summed E-state index contributed by atoms with van der Waals surface area (Å²) < 4.78 is 46.1. The molecule has 4 aromatic carbocycles. The van der Waals surface area contributed by atoms with E-state index in [0.717, 1.165) is 9.87 Å². The number of amides is 2. The molecular weight excluding hydrogens is 713 g/mol. The molecule has 260 valence electrons. The van der Waals surface area contributed by atoms with Crippen LogP contribution in [-0.4, -0.2) is 65.6 Å². The van der Waals surface area contributed by atoms with E-state index in [1.165, 1.54) is 62.6 Å². The zero-order valence-corrected chi connectivity index (χ0v) is 30.4. The van der Waals surface area contributed by atoms with Crippen molar-refractivity contribution in [2.45, 2.75) is 30.8 Å². The number of sulfonamides is 1. The van der Waals surface area contributed by atoms with E-state index in [4.69, 9.17) is 49.0 Å². The second-order valence-corrected chi connectivity index (χ2v) is 13.8. The number of benzene rings is 4. The van der Waals surface area contributed by atoms with E-state index in [0.29, 0.717) is 22.9 Å². The number of nitrogens with zero attached hydrogens (tertiary/aromatic N) is 2. The quantitative estimate of drug-likeness (QED) is 0.145. The second-order valence-electron chi connectivity index (χ2n) is 10.7. The zero-order valence-electron chi connectivity index (χ0n) is 27.3. The summed E-state index contributed by atoms with van der Waals surface area (Å²) in [6, 6.07) is 21.5. The average Bonchev–Trinajstić information content (AvgIpc) is 3.10. The summed E-state index contributed by atoms with van der Waals surface area (Å²) >= 11 is 18.9. The minimum absolute atomic E-state index is 0.00485. The Labute approximate surface area is 301 Å². The lowest BCUT2D eigenvalue weighted by Crippen LogP contribution is -2.53. The molecule has 14 heteroatoms. The Morgan fingerprint density at radius 3 is 2.08 bits per heavy atom. The molecule has 0 saturated heterocycles. The van der Waals surface area contributed by atoms with Crippen molar-refractivity contribution in [2.75, 3.05) is 38.7 Å². The molecule has 49 heavy (non-hydrogen) atoms. The highest BCUT2D eigenvalue weighted by molar-refractivity contribution is 7.92. The molecular formula is C35H36Cl3N3O7S. The molecule has 4 rings (SSSR count).